The predicted octanol–water partition coefficient (Wildman–Crippen LogP) is 1.87. The van der Waals surface area contributed by atoms with Crippen molar-refractivity contribution in [3.63, 3.8) is 0 Å². The second-order valence-corrected chi connectivity index (χ2v) is 4.95. The van der Waals surface area contributed by atoms with E-state index in [2.05, 4.69) is 19.9 Å². The number of nitrogens with one attached hydrogen (secondary N) is 1. The molecule has 0 aliphatic heterocycles. The number of H-pyrrole nitrogens is 1. The van der Waals surface area contributed by atoms with E-state index >= 15 is 0 Å². The molecule has 4 rings (SSSR count). The summed E-state index contributed by atoms with van der Waals surface area (Å²) in [4.78, 5) is 28.0. The van der Waals surface area contributed by atoms with E-state index in [0.717, 1.165) is 47.1 Å². The molecule has 5 nitrogen and oxygen atoms in total. The second-order valence-electron chi connectivity index (χ2n) is 4.95. The third-order valence-corrected chi connectivity index (χ3v) is 3.68. The quantitative estimate of drug-likeness (QED) is 0.728. The fourth-order valence-electron chi connectivity index (χ4n) is 2.69. The molecule has 5 heteroatoms. The molecule has 0 atom stereocenters. The molecule has 1 N–H and O–H groups in total. The lowest BCUT2D eigenvalue weighted by atomic mass is 10.1. The minimum Gasteiger partial charge on any atom is -0.306 e. The van der Waals surface area contributed by atoms with Gasteiger partial charge in [0.15, 0.2) is 0 Å². The molecule has 3 aromatic rings. The molecule has 20 heavy (non-hydrogen) atoms. The van der Waals surface area contributed by atoms with E-state index in [4.69, 9.17) is 0 Å². The zero-order valence-electron chi connectivity index (χ0n) is 10.8. The highest BCUT2D eigenvalue weighted by atomic mass is 16.1. The van der Waals surface area contributed by atoms with Crippen LogP contribution in [0.3, 0.4) is 0 Å². The maximum atomic E-state index is 12.0. The fraction of sp³-hybridized carbons (Fsp3) is 0.200. The van der Waals surface area contributed by atoms with Crippen molar-refractivity contribution in [2.75, 3.05) is 0 Å². The summed E-state index contributed by atoms with van der Waals surface area (Å²) < 4.78 is 0. The molecule has 0 bridgehead atoms. The lowest BCUT2D eigenvalue weighted by molar-refractivity contribution is 0.899. The van der Waals surface area contributed by atoms with E-state index in [-0.39, 0.29) is 5.56 Å². The highest BCUT2D eigenvalue weighted by Gasteiger charge is 2.17. The topological polar surface area (TPSA) is 71.5 Å². The van der Waals surface area contributed by atoms with Gasteiger partial charge in [0.2, 0.25) is 0 Å². The standard InChI is InChI=1S/C15H12N4O/c20-15-10-2-1-3-11(10)18-14(19-15)9-4-5-12-13(8-9)17-7-6-16-12/h4-8H,1-3H2,(H,18,19,20). The van der Waals surface area contributed by atoms with Crippen LogP contribution in [0.25, 0.3) is 22.4 Å². The van der Waals surface area contributed by atoms with Crippen LogP contribution in [0.1, 0.15) is 17.7 Å². The maximum absolute atomic E-state index is 12.0. The highest BCUT2D eigenvalue weighted by Crippen LogP contribution is 2.22. The number of aryl methyl sites for hydroxylation is 1. The van der Waals surface area contributed by atoms with Crippen molar-refractivity contribution < 1.29 is 0 Å². The molecule has 0 radical (unpaired) electrons. The monoisotopic (exact) mass is 264 g/mol. The molecular formula is C15H12N4O. The molecule has 0 saturated carbocycles. The minimum atomic E-state index is -0.0123. The number of fused-ring (bicyclic) bond motifs is 2. The summed E-state index contributed by atoms with van der Waals surface area (Å²) in [7, 11) is 0. The van der Waals surface area contributed by atoms with Crippen molar-refractivity contribution >= 4 is 11.0 Å². The van der Waals surface area contributed by atoms with Gasteiger partial charge in [0, 0.05) is 23.5 Å². The maximum Gasteiger partial charge on any atom is 0.254 e. The number of hydrogen-bond donors (Lipinski definition) is 1. The summed E-state index contributed by atoms with van der Waals surface area (Å²) >= 11 is 0. The Bertz CT molecular complexity index is 869. The summed E-state index contributed by atoms with van der Waals surface area (Å²) in [5.74, 6) is 0.614. The molecule has 98 valence electrons. The van der Waals surface area contributed by atoms with Crippen molar-refractivity contribution in [3.05, 3.63) is 52.2 Å². The largest absolute Gasteiger partial charge is 0.306 e. The summed E-state index contributed by atoms with van der Waals surface area (Å²) in [6.07, 6.45) is 6.06. The fourth-order valence-corrected chi connectivity index (χ4v) is 2.69. The van der Waals surface area contributed by atoms with Gasteiger partial charge < -0.3 is 4.98 Å². The predicted molar refractivity (Wildman–Crippen MR) is 75.4 cm³/mol. The van der Waals surface area contributed by atoms with Crippen molar-refractivity contribution in [1.29, 1.82) is 0 Å². The van der Waals surface area contributed by atoms with E-state index in [1.165, 1.54) is 0 Å². The lowest BCUT2D eigenvalue weighted by Crippen LogP contribution is -2.15. The summed E-state index contributed by atoms with van der Waals surface area (Å²) in [5.41, 5.74) is 4.26. The smallest absolute Gasteiger partial charge is 0.254 e. The Kier molecular flexibility index (Phi) is 2.39. The average Bonchev–Trinajstić information content (AvgIpc) is 2.96. The van der Waals surface area contributed by atoms with E-state index in [0.29, 0.717) is 5.82 Å². The molecule has 1 aliphatic rings. The van der Waals surface area contributed by atoms with E-state index in [9.17, 15) is 4.79 Å². The zero-order chi connectivity index (χ0) is 13.5. The van der Waals surface area contributed by atoms with Crippen LogP contribution < -0.4 is 5.56 Å². The highest BCUT2D eigenvalue weighted by molar-refractivity contribution is 5.79. The second kappa shape index (κ2) is 4.23. The first-order valence-corrected chi connectivity index (χ1v) is 6.64. The van der Waals surface area contributed by atoms with E-state index in [1.54, 1.807) is 12.4 Å². The van der Waals surface area contributed by atoms with Gasteiger partial charge in [0.05, 0.1) is 16.7 Å². The Morgan fingerprint density at radius 2 is 1.90 bits per heavy atom. The third kappa shape index (κ3) is 1.71. The van der Waals surface area contributed by atoms with Crippen LogP contribution in [0.5, 0.6) is 0 Å². The van der Waals surface area contributed by atoms with Crippen molar-refractivity contribution in [3.8, 4) is 11.4 Å². The average molecular weight is 264 g/mol. The zero-order valence-corrected chi connectivity index (χ0v) is 10.8. The van der Waals surface area contributed by atoms with Gasteiger partial charge in [-0.05, 0) is 37.5 Å². The number of rotatable bonds is 1. The molecule has 0 unspecified atom stereocenters. The molecule has 1 aliphatic carbocycles. The third-order valence-electron chi connectivity index (χ3n) is 3.68. The molecule has 0 spiro atoms. The summed E-state index contributed by atoms with van der Waals surface area (Å²) in [5, 5.41) is 0. The first-order chi connectivity index (χ1) is 9.81. The Morgan fingerprint density at radius 3 is 2.80 bits per heavy atom. The Morgan fingerprint density at radius 1 is 1.05 bits per heavy atom. The summed E-state index contributed by atoms with van der Waals surface area (Å²) in [6.45, 7) is 0. The van der Waals surface area contributed by atoms with Gasteiger partial charge in [-0.2, -0.15) is 0 Å². The van der Waals surface area contributed by atoms with Crippen LogP contribution in [-0.2, 0) is 12.8 Å². The van der Waals surface area contributed by atoms with E-state index < -0.39 is 0 Å². The van der Waals surface area contributed by atoms with Gasteiger partial charge in [-0.1, -0.05) is 0 Å². The number of aromatic nitrogens is 4. The Hall–Kier alpha value is -2.56. The molecule has 0 amide bonds. The Labute approximate surface area is 114 Å². The molecule has 0 saturated heterocycles. The number of nitrogens with zero attached hydrogens (tertiary/aromatic N) is 3. The molecular weight excluding hydrogens is 252 g/mol. The molecule has 2 heterocycles. The minimum absolute atomic E-state index is 0.0123. The number of benzene rings is 1. The SMILES string of the molecule is O=c1[nH]c(-c2ccc3nccnc3c2)nc2c1CCC2. The van der Waals surface area contributed by atoms with Gasteiger partial charge in [-0.3, -0.25) is 14.8 Å². The van der Waals surface area contributed by atoms with Crippen molar-refractivity contribution in [2.24, 2.45) is 0 Å². The van der Waals surface area contributed by atoms with Crippen LogP contribution in [-0.4, -0.2) is 19.9 Å². The summed E-state index contributed by atoms with van der Waals surface area (Å²) in [6, 6.07) is 5.71. The van der Waals surface area contributed by atoms with Crippen LogP contribution >= 0.6 is 0 Å². The van der Waals surface area contributed by atoms with Gasteiger partial charge in [0.1, 0.15) is 5.82 Å². The first-order valence-electron chi connectivity index (χ1n) is 6.64. The van der Waals surface area contributed by atoms with Crippen molar-refractivity contribution in [1.82, 2.24) is 19.9 Å². The Balaban J connectivity index is 1.91. The van der Waals surface area contributed by atoms with Crippen LogP contribution in [0.2, 0.25) is 0 Å². The molecule has 2 aromatic heterocycles. The lowest BCUT2D eigenvalue weighted by Gasteiger charge is -2.05. The van der Waals surface area contributed by atoms with Gasteiger partial charge in [-0.15, -0.1) is 0 Å². The van der Waals surface area contributed by atoms with Gasteiger partial charge in [-0.25, -0.2) is 4.98 Å². The van der Waals surface area contributed by atoms with Gasteiger partial charge >= 0.3 is 0 Å². The number of aromatic amines is 1. The van der Waals surface area contributed by atoms with E-state index in [1.807, 2.05) is 18.2 Å². The first kappa shape index (κ1) is 11.3. The molecule has 0 fully saturated rings. The van der Waals surface area contributed by atoms with Gasteiger partial charge in [0.25, 0.3) is 5.56 Å². The van der Waals surface area contributed by atoms with Crippen LogP contribution in [0.15, 0.2) is 35.4 Å². The molecule has 1 aromatic carbocycles. The van der Waals surface area contributed by atoms with Crippen molar-refractivity contribution in [2.45, 2.75) is 19.3 Å². The normalized spacial score (nSPS) is 13.6. The van der Waals surface area contributed by atoms with Crippen LogP contribution in [0, 0.1) is 0 Å². The number of hydrogen-bond acceptors (Lipinski definition) is 4. The van der Waals surface area contributed by atoms with Crippen LogP contribution in [0.4, 0.5) is 0 Å².